The Morgan fingerprint density at radius 3 is 2.94 bits per heavy atom. The lowest BCUT2D eigenvalue weighted by Gasteiger charge is -2.13. The Morgan fingerprint density at radius 1 is 1.50 bits per heavy atom. The molecule has 0 radical (unpaired) electrons. The first-order chi connectivity index (χ1) is 8.69. The van der Waals surface area contributed by atoms with Gasteiger partial charge in [-0.1, -0.05) is 17.7 Å². The van der Waals surface area contributed by atoms with Gasteiger partial charge in [0.2, 0.25) is 0 Å². The molecule has 0 saturated carbocycles. The van der Waals surface area contributed by atoms with Crippen LogP contribution >= 0.6 is 23.4 Å². The monoisotopic (exact) mass is 283 g/mol. The van der Waals surface area contributed by atoms with Crippen LogP contribution in [0.1, 0.15) is 25.2 Å². The number of imidazole rings is 1. The van der Waals surface area contributed by atoms with Crippen LogP contribution in [-0.2, 0) is 6.54 Å². The maximum absolute atomic E-state index is 6.26. The third kappa shape index (κ3) is 2.51. The van der Waals surface area contributed by atoms with Crippen molar-refractivity contribution in [3.05, 3.63) is 29.0 Å². The summed E-state index contributed by atoms with van der Waals surface area (Å²) in [6.45, 7) is 2.93. The third-order valence-electron chi connectivity index (χ3n) is 3.03. The second-order valence-electron chi connectivity index (χ2n) is 4.21. The number of benzene rings is 1. The normalized spacial score (nSPS) is 13.1. The number of aromatic nitrogens is 2. The molecule has 2 rings (SSSR count). The zero-order chi connectivity index (χ0) is 13.1. The smallest absolute Gasteiger partial charge is 0.126 e. The molecule has 0 aliphatic rings. The van der Waals surface area contributed by atoms with E-state index in [4.69, 9.17) is 17.3 Å². The van der Waals surface area contributed by atoms with Crippen LogP contribution in [0.25, 0.3) is 11.0 Å². The molecule has 0 bridgehead atoms. The molecule has 0 amide bonds. The topological polar surface area (TPSA) is 43.8 Å². The molecule has 0 aliphatic carbocycles. The number of nitrogens with zero attached hydrogens (tertiary/aromatic N) is 2. The number of halogens is 1. The Hall–Kier alpha value is -0.710. The standard InChI is InChI=1S/C13H18ClN3S/c1-3-17-12-9(14)5-4-6-11(12)16-13(17)10(15)7-8-18-2/h4-6,10H,3,7-8,15H2,1-2H3. The zero-order valence-electron chi connectivity index (χ0n) is 10.7. The summed E-state index contributed by atoms with van der Waals surface area (Å²) in [4.78, 5) is 4.64. The maximum Gasteiger partial charge on any atom is 0.126 e. The fourth-order valence-electron chi connectivity index (χ4n) is 2.14. The largest absolute Gasteiger partial charge is 0.326 e. The van der Waals surface area contributed by atoms with Crippen molar-refractivity contribution in [3.63, 3.8) is 0 Å². The molecule has 0 aliphatic heterocycles. The van der Waals surface area contributed by atoms with Gasteiger partial charge in [0, 0.05) is 6.54 Å². The SMILES string of the molecule is CCn1c(C(N)CCSC)nc2cccc(Cl)c21. The molecule has 0 saturated heterocycles. The van der Waals surface area contributed by atoms with E-state index in [2.05, 4.69) is 22.7 Å². The molecule has 1 heterocycles. The van der Waals surface area contributed by atoms with Crippen LogP contribution in [0.3, 0.4) is 0 Å². The van der Waals surface area contributed by atoms with Crippen LogP contribution in [0, 0.1) is 0 Å². The fourth-order valence-corrected chi connectivity index (χ4v) is 2.90. The lowest BCUT2D eigenvalue weighted by Crippen LogP contribution is -2.17. The average molecular weight is 284 g/mol. The summed E-state index contributed by atoms with van der Waals surface area (Å²) in [6, 6.07) is 5.78. The zero-order valence-corrected chi connectivity index (χ0v) is 12.3. The summed E-state index contributed by atoms with van der Waals surface area (Å²) in [6.07, 6.45) is 3.02. The average Bonchev–Trinajstić information content (AvgIpc) is 2.76. The van der Waals surface area contributed by atoms with Crippen LogP contribution in [0.5, 0.6) is 0 Å². The maximum atomic E-state index is 6.26. The second kappa shape index (κ2) is 5.95. The fraction of sp³-hybridized carbons (Fsp3) is 0.462. The van der Waals surface area contributed by atoms with Crippen LogP contribution < -0.4 is 5.73 Å². The van der Waals surface area contributed by atoms with Crippen LogP contribution in [0.2, 0.25) is 5.02 Å². The van der Waals surface area contributed by atoms with Crippen molar-refractivity contribution < 1.29 is 0 Å². The lowest BCUT2D eigenvalue weighted by atomic mass is 10.2. The number of rotatable bonds is 5. The van der Waals surface area contributed by atoms with E-state index in [0.717, 1.165) is 40.6 Å². The lowest BCUT2D eigenvalue weighted by molar-refractivity contribution is 0.601. The predicted octanol–water partition coefficient (Wildman–Crippen LogP) is 3.46. The van der Waals surface area contributed by atoms with Gasteiger partial charge in [-0.25, -0.2) is 4.98 Å². The third-order valence-corrected chi connectivity index (χ3v) is 3.98. The number of hydrogen-bond acceptors (Lipinski definition) is 3. The van der Waals surface area contributed by atoms with Crippen LogP contribution in [-0.4, -0.2) is 21.6 Å². The van der Waals surface area contributed by atoms with Gasteiger partial charge in [-0.3, -0.25) is 0 Å². The summed E-state index contributed by atoms with van der Waals surface area (Å²) >= 11 is 8.06. The molecule has 1 aromatic carbocycles. The minimum absolute atomic E-state index is 0.0270. The molecular formula is C13H18ClN3S. The Labute approximate surface area is 117 Å². The van der Waals surface area contributed by atoms with Crippen molar-refractivity contribution in [1.82, 2.24) is 9.55 Å². The molecule has 0 spiro atoms. The number of aryl methyl sites for hydroxylation is 1. The minimum atomic E-state index is -0.0270. The highest BCUT2D eigenvalue weighted by Gasteiger charge is 2.17. The number of thioether (sulfide) groups is 1. The molecular weight excluding hydrogens is 266 g/mol. The number of hydrogen-bond donors (Lipinski definition) is 1. The molecule has 2 N–H and O–H groups in total. The van der Waals surface area contributed by atoms with Gasteiger partial charge < -0.3 is 10.3 Å². The molecule has 0 fully saturated rings. The number of nitrogens with two attached hydrogens (primary N) is 1. The summed E-state index contributed by atoms with van der Waals surface area (Å²) in [5.74, 6) is 1.98. The van der Waals surface area contributed by atoms with E-state index in [1.165, 1.54) is 0 Å². The number of fused-ring (bicyclic) bond motifs is 1. The highest BCUT2D eigenvalue weighted by atomic mass is 35.5. The summed E-state index contributed by atoms with van der Waals surface area (Å²) in [7, 11) is 0. The van der Waals surface area contributed by atoms with Crippen molar-refractivity contribution in [3.8, 4) is 0 Å². The van der Waals surface area contributed by atoms with Crippen LogP contribution in [0.4, 0.5) is 0 Å². The Balaban J connectivity index is 2.47. The van der Waals surface area contributed by atoms with Gasteiger partial charge in [0.15, 0.2) is 0 Å². The minimum Gasteiger partial charge on any atom is -0.326 e. The van der Waals surface area contributed by atoms with E-state index >= 15 is 0 Å². The van der Waals surface area contributed by atoms with Crippen molar-refractivity contribution in [2.24, 2.45) is 5.73 Å². The van der Waals surface area contributed by atoms with E-state index < -0.39 is 0 Å². The first kappa shape index (κ1) is 13.7. The van der Waals surface area contributed by atoms with E-state index in [0.29, 0.717) is 0 Å². The highest BCUT2D eigenvalue weighted by Crippen LogP contribution is 2.27. The van der Waals surface area contributed by atoms with Crippen molar-refractivity contribution in [1.29, 1.82) is 0 Å². The van der Waals surface area contributed by atoms with Gasteiger partial charge in [0.1, 0.15) is 5.82 Å². The quantitative estimate of drug-likeness (QED) is 0.914. The number of para-hydroxylation sites is 1. The molecule has 18 heavy (non-hydrogen) atoms. The Kier molecular flexibility index (Phi) is 4.54. The first-order valence-corrected chi connectivity index (χ1v) is 7.85. The van der Waals surface area contributed by atoms with Crippen molar-refractivity contribution in [2.45, 2.75) is 25.9 Å². The van der Waals surface area contributed by atoms with Crippen LogP contribution in [0.15, 0.2) is 18.2 Å². The van der Waals surface area contributed by atoms with Crippen molar-refractivity contribution in [2.75, 3.05) is 12.0 Å². The highest BCUT2D eigenvalue weighted by molar-refractivity contribution is 7.98. The van der Waals surface area contributed by atoms with Gasteiger partial charge in [0.05, 0.1) is 22.1 Å². The van der Waals surface area contributed by atoms with Gasteiger partial charge >= 0.3 is 0 Å². The molecule has 3 nitrogen and oxygen atoms in total. The van der Waals surface area contributed by atoms with Gasteiger partial charge in [-0.05, 0) is 37.5 Å². The Bertz CT molecular complexity index is 538. The molecule has 2 aromatic rings. The van der Waals surface area contributed by atoms with E-state index in [1.807, 2.05) is 18.2 Å². The Morgan fingerprint density at radius 2 is 2.28 bits per heavy atom. The predicted molar refractivity (Wildman–Crippen MR) is 80.3 cm³/mol. The van der Waals surface area contributed by atoms with E-state index in [-0.39, 0.29) is 6.04 Å². The van der Waals surface area contributed by atoms with E-state index in [9.17, 15) is 0 Å². The van der Waals surface area contributed by atoms with E-state index in [1.54, 1.807) is 11.8 Å². The van der Waals surface area contributed by atoms with Crippen molar-refractivity contribution >= 4 is 34.4 Å². The molecule has 1 aromatic heterocycles. The first-order valence-electron chi connectivity index (χ1n) is 6.08. The molecule has 98 valence electrons. The molecule has 1 unspecified atom stereocenters. The van der Waals surface area contributed by atoms with Gasteiger partial charge in [-0.2, -0.15) is 11.8 Å². The second-order valence-corrected chi connectivity index (χ2v) is 5.60. The van der Waals surface area contributed by atoms with Gasteiger partial charge in [-0.15, -0.1) is 0 Å². The summed E-state index contributed by atoms with van der Waals surface area (Å²) < 4.78 is 2.13. The molecule has 1 atom stereocenters. The molecule has 5 heteroatoms. The van der Waals surface area contributed by atoms with Gasteiger partial charge in [0.25, 0.3) is 0 Å². The summed E-state index contributed by atoms with van der Waals surface area (Å²) in [5.41, 5.74) is 8.16. The summed E-state index contributed by atoms with van der Waals surface area (Å²) in [5, 5.41) is 0.741.